The molecule has 0 unspecified atom stereocenters. The van der Waals surface area contributed by atoms with Crippen molar-refractivity contribution in [3.63, 3.8) is 0 Å². The fourth-order valence-electron chi connectivity index (χ4n) is 5.80. The molecule has 11 heteroatoms. The molecule has 4 aromatic rings. The molecule has 1 saturated heterocycles. The Balaban J connectivity index is 1.63. The van der Waals surface area contributed by atoms with Gasteiger partial charge >= 0.3 is 5.69 Å². The minimum absolute atomic E-state index is 0.0170. The maximum absolute atomic E-state index is 13.0. The van der Waals surface area contributed by atoms with Crippen molar-refractivity contribution in [2.75, 3.05) is 20.8 Å². The summed E-state index contributed by atoms with van der Waals surface area (Å²) in [4.78, 5) is 27.5. The Morgan fingerprint density at radius 2 is 1.38 bits per heavy atom. The predicted octanol–water partition coefficient (Wildman–Crippen LogP) is 5.52. The monoisotopic (exact) mass is 674 g/mol. The number of ether oxygens (including phenoxy) is 4. The van der Waals surface area contributed by atoms with Crippen LogP contribution in [0.25, 0.3) is 0 Å². The van der Waals surface area contributed by atoms with Crippen molar-refractivity contribution in [2.24, 2.45) is 0 Å². The Bertz CT molecular complexity index is 1750. The van der Waals surface area contributed by atoms with E-state index in [2.05, 4.69) is 38.8 Å². The third kappa shape index (κ3) is 6.78. The zero-order valence-corrected chi connectivity index (χ0v) is 29.9. The quantitative estimate of drug-likeness (QED) is 0.158. The number of benzene rings is 3. The van der Waals surface area contributed by atoms with Crippen molar-refractivity contribution < 1.29 is 28.5 Å². The standard InChI is InChI=1S/C37H46N2O8Si/c1-24-22-39(35(42)38-33(24)41)34-31(40)32(47-48(7,8)36(2,3)4)30(46-34)23-45-37(25-12-10-9-11-13-25,26-14-18-28(43-5)19-15-26)27-16-20-29(44-6)21-17-27/h9-22,30-32,34,40H,23H2,1-8H3,(H,38,41,42)/t30-,31-,32-,34-/m1/s1. The molecule has 0 aliphatic carbocycles. The number of H-pyrrole nitrogens is 1. The summed E-state index contributed by atoms with van der Waals surface area (Å²) in [5, 5.41) is 11.6. The van der Waals surface area contributed by atoms with Gasteiger partial charge in [-0.25, -0.2) is 4.79 Å². The van der Waals surface area contributed by atoms with E-state index < -0.39 is 49.7 Å². The van der Waals surface area contributed by atoms with Crippen LogP contribution in [0.4, 0.5) is 0 Å². The Kier molecular flexibility index (Phi) is 10.2. The van der Waals surface area contributed by atoms with E-state index in [1.54, 1.807) is 21.1 Å². The van der Waals surface area contributed by atoms with E-state index in [-0.39, 0.29) is 11.6 Å². The van der Waals surface area contributed by atoms with Crippen molar-refractivity contribution in [1.82, 2.24) is 9.55 Å². The first-order chi connectivity index (χ1) is 22.7. The number of aromatic amines is 1. The van der Waals surface area contributed by atoms with Gasteiger partial charge in [0.05, 0.1) is 20.8 Å². The van der Waals surface area contributed by atoms with Crippen LogP contribution >= 0.6 is 0 Å². The van der Waals surface area contributed by atoms with E-state index in [1.165, 1.54) is 10.8 Å². The van der Waals surface area contributed by atoms with Crippen LogP contribution in [0.2, 0.25) is 18.1 Å². The molecule has 0 bridgehead atoms. The van der Waals surface area contributed by atoms with E-state index >= 15 is 0 Å². The number of nitrogens with one attached hydrogen (secondary N) is 1. The van der Waals surface area contributed by atoms with Crippen molar-refractivity contribution in [3.05, 3.63) is 128 Å². The van der Waals surface area contributed by atoms with E-state index in [4.69, 9.17) is 23.4 Å². The number of nitrogens with zero attached hydrogens (tertiary/aromatic N) is 1. The maximum atomic E-state index is 13.0. The zero-order chi connectivity index (χ0) is 34.9. The van der Waals surface area contributed by atoms with Gasteiger partial charge in [0, 0.05) is 11.8 Å². The molecule has 48 heavy (non-hydrogen) atoms. The van der Waals surface area contributed by atoms with E-state index in [9.17, 15) is 14.7 Å². The van der Waals surface area contributed by atoms with Crippen molar-refractivity contribution >= 4 is 8.32 Å². The summed E-state index contributed by atoms with van der Waals surface area (Å²) in [6.45, 7) is 12.1. The number of rotatable bonds is 11. The third-order valence-electron chi connectivity index (χ3n) is 9.60. The van der Waals surface area contributed by atoms with Gasteiger partial charge in [-0.05, 0) is 66.0 Å². The van der Waals surface area contributed by atoms with Gasteiger partial charge < -0.3 is 28.5 Å². The van der Waals surface area contributed by atoms with Crippen LogP contribution < -0.4 is 20.7 Å². The molecule has 0 spiro atoms. The molecule has 0 amide bonds. The third-order valence-corrected chi connectivity index (χ3v) is 14.1. The smallest absolute Gasteiger partial charge is 0.330 e. The minimum atomic E-state index is -2.47. The molecule has 1 aliphatic heterocycles. The lowest BCUT2D eigenvalue weighted by Gasteiger charge is -2.41. The molecule has 10 nitrogen and oxygen atoms in total. The second kappa shape index (κ2) is 13.8. The maximum Gasteiger partial charge on any atom is 0.330 e. The molecular weight excluding hydrogens is 628 g/mol. The van der Waals surface area contributed by atoms with Crippen LogP contribution in [0, 0.1) is 6.92 Å². The summed E-state index contributed by atoms with van der Waals surface area (Å²) < 4.78 is 32.6. The molecule has 2 heterocycles. The van der Waals surface area contributed by atoms with E-state index in [0.717, 1.165) is 16.7 Å². The molecule has 0 saturated carbocycles. The highest BCUT2D eigenvalue weighted by Gasteiger charge is 2.51. The fraction of sp³-hybridized carbons (Fsp3) is 0.405. The predicted molar refractivity (Wildman–Crippen MR) is 186 cm³/mol. The molecule has 256 valence electrons. The van der Waals surface area contributed by atoms with Crippen molar-refractivity contribution in [1.29, 1.82) is 0 Å². The normalized spacial score (nSPS) is 20.1. The van der Waals surface area contributed by atoms with Gasteiger partial charge in [0.1, 0.15) is 35.4 Å². The van der Waals surface area contributed by atoms with Gasteiger partial charge in [0.15, 0.2) is 14.5 Å². The fourth-order valence-corrected chi connectivity index (χ4v) is 7.13. The Labute approximate surface area is 282 Å². The van der Waals surface area contributed by atoms with E-state index in [1.807, 2.05) is 78.9 Å². The number of aliphatic hydroxyl groups excluding tert-OH is 1. The van der Waals surface area contributed by atoms with Crippen LogP contribution in [0.5, 0.6) is 11.5 Å². The number of aromatic nitrogens is 2. The Morgan fingerprint density at radius 3 is 1.88 bits per heavy atom. The first-order valence-corrected chi connectivity index (χ1v) is 18.9. The first-order valence-electron chi connectivity index (χ1n) is 16.0. The molecular formula is C37H46N2O8Si. The molecule has 1 aliphatic rings. The highest BCUT2D eigenvalue weighted by atomic mass is 28.4. The average Bonchev–Trinajstić information content (AvgIpc) is 3.37. The molecule has 4 atom stereocenters. The van der Waals surface area contributed by atoms with Crippen molar-refractivity contribution in [2.45, 2.75) is 76.0 Å². The van der Waals surface area contributed by atoms with Crippen LogP contribution in [-0.2, 0) is 19.5 Å². The number of hydrogen-bond acceptors (Lipinski definition) is 8. The highest BCUT2D eigenvalue weighted by molar-refractivity contribution is 6.74. The first kappa shape index (κ1) is 35.3. The van der Waals surface area contributed by atoms with Gasteiger partial charge in [0.2, 0.25) is 0 Å². The van der Waals surface area contributed by atoms with Crippen LogP contribution in [0.1, 0.15) is 49.3 Å². The second-order valence-electron chi connectivity index (χ2n) is 13.7. The molecule has 3 aromatic carbocycles. The summed E-state index contributed by atoms with van der Waals surface area (Å²) in [5.74, 6) is 1.40. The Hall–Kier alpha value is -4.00. The van der Waals surface area contributed by atoms with Crippen LogP contribution in [0.3, 0.4) is 0 Å². The lowest BCUT2D eigenvalue weighted by Crippen LogP contribution is -2.50. The van der Waals surface area contributed by atoms with Gasteiger partial charge in [-0.15, -0.1) is 0 Å². The summed E-state index contributed by atoms with van der Waals surface area (Å²) in [7, 11) is 0.769. The van der Waals surface area contributed by atoms with E-state index in [0.29, 0.717) is 17.1 Å². The second-order valence-corrected chi connectivity index (χ2v) is 18.4. The highest BCUT2D eigenvalue weighted by Crippen LogP contribution is 2.44. The number of aryl methyl sites for hydroxylation is 1. The lowest BCUT2D eigenvalue weighted by molar-refractivity contribution is -0.0948. The van der Waals surface area contributed by atoms with Gasteiger partial charge in [-0.2, -0.15) is 0 Å². The largest absolute Gasteiger partial charge is 0.497 e. The molecule has 1 fully saturated rings. The SMILES string of the molecule is COc1ccc(C(OC[C@H]2O[C@@H](n3cc(C)c(=O)[nH]c3=O)[C@H](O)[C@@H]2O[Si](C)(C)C(C)(C)C)(c2ccccc2)c2ccc(OC)cc2)cc1. The van der Waals surface area contributed by atoms with Gasteiger partial charge in [-0.1, -0.05) is 75.4 Å². The van der Waals surface area contributed by atoms with Crippen molar-refractivity contribution in [3.8, 4) is 11.5 Å². The molecule has 0 radical (unpaired) electrons. The number of aliphatic hydroxyl groups is 1. The Morgan fingerprint density at radius 1 is 0.854 bits per heavy atom. The molecule has 2 N–H and O–H groups in total. The zero-order valence-electron chi connectivity index (χ0n) is 28.9. The topological polar surface area (TPSA) is 121 Å². The summed E-state index contributed by atoms with van der Waals surface area (Å²) in [5.41, 5.74) is 0.535. The molecule has 1 aromatic heterocycles. The van der Waals surface area contributed by atoms with Crippen LogP contribution in [0.15, 0.2) is 94.6 Å². The van der Waals surface area contributed by atoms with Gasteiger partial charge in [0.25, 0.3) is 5.56 Å². The average molecular weight is 675 g/mol. The summed E-state index contributed by atoms with van der Waals surface area (Å²) >= 11 is 0. The summed E-state index contributed by atoms with van der Waals surface area (Å²) in [6.07, 6.45) is -2.58. The number of hydrogen-bond donors (Lipinski definition) is 2. The minimum Gasteiger partial charge on any atom is -0.497 e. The van der Waals surface area contributed by atoms with Crippen LogP contribution in [-0.4, -0.2) is 62.1 Å². The lowest BCUT2D eigenvalue weighted by atomic mass is 9.80. The summed E-state index contributed by atoms with van der Waals surface area (Å²) in [6, 6.07) is 25.3. The van der Waals surface area contributed by atoms with Gasteiger partial charge in [-0.3, -0.25) is 14.3 Å². The molecule has 5 rings (SSSR count). The number of methoxy groups -OCH3 is 2.